The molecule has 30 heavy (non-hydrogen) atoms. The van der Waals surface area contributed by atoms with Crippen LogP contribution in [0.25, 0.3) is 11.3 Å². The number of urea groups is 1. The number of rotatable bonds is 4. The molecular formula is C21H20F2N6O. The quantitative estimate of drug-likeness (QED) is 0.687. The Bertz CT molecular complexity index is 1100. The highest BCUT2D eigenvalue weighted by atomic mass is 19.1. The average Bonchev–Trinajstić information content (AvgIpc) is 2.66. The van der Waals surface area contributed by atoms with Crippen LogP contribution in [0.5, 0.6) is 0 Å². The maximum atomic E-state index is 14.1. The third-order valence-corrected chi connectivity index (χ3v) is 4.92. The van der Waals surface area contributed by atoms with Gasteiger partial charge in [0.15, 0.2) is 5.82 Å². The minimum Gasteiger partial charge on any atom is -0.396 e. The molecule has 154 valence electrons. The molecule has 0 unspecified atom stereocenters. The monoisotopic (exact) mass is 410 g/mol. The SMILES string of the molecule is Cc1ccnc(CC2CN(C(=O)Nc3nc(-c4ccc(F)cc4F)ccc3N)C2)n1. The summed E-state index contributed by atoms with van der Waals surface area (Å²) < 4.78 is 27.2. The first-order chi connectivity index (χ1) is 14.4. The van der Waals surface area contributed by atoms with Crippen LogP contribution in [0.2, 0.25) is 0 Å². The molecule has 3 N–H and O–H groups in total. The molecular weight excluding hydrogens is 390 g/mol. The number of likely N-dealkylation sites (tertiary alicyclic amines) is 1. The number of nitrogens with zero attached hydrogens (tertiary/aromatic N) is 4. The molecule has 0 spiro atoms. The van der Waals surface area contributed by atoms with Crippen molar-refractivity contribution >= 4 is 17.5 Å². The van der Waals surface area contributed by atoms with Gasteiger partial charge in [-0.15, -0.1) is 0 Å². The van der Waals surface area contributed by atoms with E-state index in [0.29, 0.717) is 19.5 Å². The lowest BCUT2D eigenvalue weighted by molar-refractivity contribution is 0.129. The van der Waals surface area contributed by atoms with E-state index >= 15 is 0 Å². The van der Waals surface area contributed by atoms with Crippen molar-refractivity contribution in [3.05, 3.63) is 65.7 Å². The molecule has 0 bridgehead atoms. The molecule has 1 fully saturated rings. The largest absolute Gasteiger partial charge is 0.396 e. The summed E-state index contributed by atoms with van der Waals surface area (Å²) in [5.74, 6) is -0.244. The fourth-order valence-corrected chi connectivity index (χ4v) is 3.32. The summed E-state index contributed by atoms with van der Waals surface area (Å²) in [4.78, 5) is 27.0. The predicted octanol–water partition coefficient (Wildman–Crippen LogP) is 3.41. The summed E-state index contributed by atoms with van der Waals surface area (Å²) >= 11 is 0. The van der Waals surface area contributed by atoms with Crippen LogP contribution in [0, 0.1) is 24.5 Å². The van der Waals surface area contributed by atoms with E-state index in [-0.39, 0.29) is 34.7 Å². The minimum absolute atomic E-state index is 0.120. The van der Waals surface area contributed by atoms with Gasteiger partial charge in [-0.2, -0.15) is 0 Å². The van der Waals surface area contributed by atoms with E-state index in [1.54, 1.807) is 11.1 Å². The lowest BCUT2D eigenvalue weighted by Gasteiger charge is -2.38. The second-order valence-electron chi connectivity index (χ2n) is 7.28. The Hall–Kier alpha value is -3.62. The molecule has 4 rings (SSSR count). The number of hydrogen-bond acceptors (Lipinski definition) is 5. The van der Waals surface area contributed by atoms with E-state index < -0.39 is 11.6 Å². The number of anilines is 2. The number of carbonyl (C=O) groups is 1. The van der Waals surface area contributed by atoms with E-state index in [4.69, 9.17) is 5.73 Å². The molecule has 1 aliphatic heterocycles. The van der Waals surface area contributed by atoms with Gasteiger partial charge >= 0.3 is 6.03 Å². The van der Waals surface area contributed by atoms with Gasteiger partial charge in [0, 0.05) is 48.9 Å². The first kappa shape index (κ1) is 19.7. The molecule has 9 heteroatoms. The van der Waals surface area contributed by atoms with Crippen molar-refractivity contribution in [1.29, 1.82) is 0 Å². The van der Waals surface area contributed by atoms with Crippen LogP contribution in [0.4, 0.5) is 25.1 Å². The van der Waals surface area contributed by atoms with Gasteiger partial charge in [0.1, 0.15) is 17.5 Å². The number of pyridine rings is 1. The first-order valence-corrected chi connectivity index (χ1v) is 9.45. The Morgan fingerprint density at radius 3 is 2.73 bits per heavy atom. The van der Waals surface area contributed by atoms with Crippen LogP contribution in [0.3, 0.4) is 0 Å². The number of carbonyl (C=O) groups excluding carboxylic acids is 1. The molecule has 3 heterocycles. The lowest BCUT2D eigenvalue weighted by atomic mass is 9.96. The summed E-state index contributed by atoms with van der Waals surface area (Å²) in [7, 11) is 0. The van der Waals surface area contributed by atoms with Gasteiger partial charge in [-0.3, -0.25) is 5.32 Å². The van der Waals surface area contributed by atoms with Gasteiger partial charge in [-0.25, -0.2) is 28.5 Å². The molecule has 1 saturated heterocycles. The topological polar surface area (TPSA) is 97.0 Å². The van der Waals surface area contributed by atoms with Gasteiger partial charge in [0.2, 0.25) is 0 Å². The molecule has 7 nitrogen and oxygen atoms in total. The Morgan fingerprint density at radius 1 is 1.20 bits per heavy atom. The Balaban J connectivity index is 1.40. The van der Waals surface area contributed by atoms with E-state index in [1.807, 2.05) is 13.0 Å². The standard InChI is InChI=1S/C21H20F2N6O/c1-12-6-7-25-19(26-12)8-13-10-29(11-13)21(30)28-20-17(24)4-5-18(27-20)15-3-2-14(22)9-16(15)23/h2-7,9,13H,8,10-11,24H2,1H3,(H,27,28,30). The molecule has 0 radical (unpaired) electrons. The normalized spacial score (nSPS) is 13.8. The molecule has 3 aromatic rings. The van der Waals surface area contributed by atoms with Gasteiger partial charge in [0.05, 0.1) is 11.4 Å². The number of aryl methyl sites for hydroxylation is 1. The first-order valence-electron chi connectivity index (χ1n) is 9.45. The molecule has 0 aliphatic carbocycles. The number of aromatic nitrogens is 3. The van der Waals surface area contributed by atoms with Crippen molar-refractivity contribution in [3.8, 4) is 11.3 Å². The minimum atomic E-state index is -0.742. The number of nitrogen functional groups attached to an aromatic ring is 1. The van der Waals surface area contributed by atoms with Crippen molar-refractivity contribution < 1.29 is 13.6 Å². The Kier molecular flexibility index (Phi) is 5.26. The number of halogens is 2. The van der Waals surface area contributed by atoms with Crippen LogP contribution in [0.15, 0.2) is 42.6 Å². The van der Waals surface area contributed by atoms with Crippen LogP contribution in [0.1, 0.15) is 11.5 Å². The van der Waals surface area contributed by atoms with E-state index in [1.165, 1.54) is 18.2 Å². The third-order valence-electron chi connectivity index (χ3n) is 4.92. The number of nitrogens with two attached hydrogens (primary N) is 1. The number of nitrogens with one attached hydrogen (secondary N) is 1. The summed E-state index contributed by atoms with van der Waals surface area (Å²) in [6.45, 7) is 3.04. The summed E-state index contributed by atoms with van der Waals surface area (Å²) in [6.07, 6.45) is 2.43. The zero-order valence-corrected chi connectivity index (χ0v) is 16.3. The van der Waals surface area contributed by atoms with Crippen LogP contribution in [-0.4, -0.2) is 39.0 Å². The zero-order valence-electron chi connectivity index (χ0n) is 16.3. The maximum absolute atomic E-state index is 14.1. The van der Waals surface area contributed by atoms with E-state index in [0.717, 1.165) is 23.7 Å². The second-order valence-corrected chi connectivity index (χ2v) is 7.28. The van der Waals surface area contributed by atoms with Gasteiger partial charge < -0.3 is 10.6 Å². The Morgan fingerprint density at radius 2 is 2.00 bits per heavy atom. The van der Waals surface area contributed by atoms with Crippen molar-refractivity contribution in [2.45, 2.75) is 13.3 Å². The van der Waals surface area contributed by atoms with Gasteiger partial charge in [-0.05, 0) is 37.3 Å². The second kappa shape index (κ2) is 8.02. The summed E-state index contributed by atoms with van der Waals surface area (Å²) in [5, 5.41) is 2.67. The smallest absolute Gasteiger partial charge is 0.323 e. The van der Waals surface area contributed by atoms with Gasteiger partial charge in [0.25, 0.3) is 0 Å². The lowest BCUT2D eigenvalue weighted by Crippen LogP contribution is -2.52. The summed E-state index contributed by atoms with van der Waals surface area (Å²) in [5.41, 5.74) is 7.44. The van der Waals surface area contributed by atoms with Crippen molar-refractivity contribution in [2.75, 3.05) is 24.1 Å². The van der Waals surface area contributed by atoms with Crippen LogP contribution >= 0.6 is 0 Å². The Labute approximate surface area is 172 Å². The molecule has 0 atom stereocenters. The predicted molar refractivity (Wildman–Crippen MR) is 109 cm³/mol. The van der Waals surface area contributed by atoms with Crippen LogP contribution in [-0.2, 0) is 6.42 Å². The van der Waals surface area contributed by atoms with Crippen LogP contribution < -0.4 is 11.1 Å². The third kappa shape index (κ3) is 4.19. The van der Waals surface area contributed by atoms with E-state index in [9.17, 15) is 13.6 Å². The average molecular weight is 410 g/mol. The molecule has 1 aromatic carbocycles. The highest BCUT2D eigenvalue weighted by Gasteiger charge is 2.31. The number of benzene rings is 1. The number of amides is 2. The summed E-state index contributed by atoms with van der Waals surface area (Å²) in [6, 6.07) is 7.76. The molecule has 0 saturated carbocycles. The van der Waals surface area contributed by atoms with E-state index in [2.05, 4.69) is 20.3 Å². The molecule has 1 aliphatic rings. The maximum Gasteiger partial charge on any atom is 0.323 e. The highest BCUT2D eigenvalue weighted by molar-refractivity contribution is 5.92. The fourth-order valence-electron chi connectivity index (χ4n) is 3.32. The number of hydrogen-bond donors (Lipinski definition) is 2. The van der Waals surface area contributed by atoms with Crippen molar-refractivity contribution in [2.24, 2.45) is 5.92 Å². The zero-order chi connectivity index (χ0) is 21.3. The highest BCUT2D eigenvalue weighted by Crippen LogP contribution is 2.27. The van der Waals surface area contributed by atoms with Gasteiger partial charge in [-0.1, -0.05) is 0 Å². The van der Waals surface area contributed by atoms with Crippen molar-refractivity contribution in [3.63, 3.8) is 0 Å². The fraction of sp³-hybridized carbons (Fsp3) is 0.238. The molecule has 2 amide bonds. The van der Waals surface area contributed by atoms with Crippen molar-refractivity contribution in [1.82, 2.24) is 19.9 Å². The molecule has 2 aromatic heterocycles.